The van der Waals surface area contributed by atoms with E-state index >= 15 is 0 Å². The fraction of sp³-hybridized carbons (Fsp3) is 0.158. The molecule has 0 aliphatic heterocycles. The number of rotatable bonds is 5. The van der Waals surface area contributed by atoms with Crippen LogP contribution in [0.5, 0.6) is 0 Å². The number of aryl methyl sites for hydroxylation is 1. The van der Waals surface area contributed by atoms with Gasteiger partial charge < -0.3 is 15.4 Å². The second-order valence-corrected chi connectivity index (χ2v) is 5.14. The minimum absolute atomic E-state index is 0.328. The van der Waals surface area contributed by atoms with Crippen molar-refractivity contribution in [3.8, 4) is 0 Å². The molecule has 2 amide bonds. The van der Waals surface area contributed by atoms with Gasteiger partial charge in [-0.15, -0.1) is 0 Å². The van der Waals surface area contributed by atoms with Gasteiger partial charge in [0.15, 0.2) is 0 Å². The van der Waals surface area contributed by atoms with Gasteiger partial charge in [0.1, 0.15) is 0 Å². The number of carbonyl (C=O) groups is 2. The Hall–Kier alpha value is -3.08. The van der Waals surface area contributed by atoms with Crippen LogP contribution in [0.4, 0.5) is 10.5 Å². The summed E-state index contributed by atoms with van der Waals surface area (Å²) in [6, 6.07) is 14.1. The van der Waals surface area contributed by atoms with Crippen molar-refractivity contribution < 1.29 is 14.3 Å². The summed E-state index contributed by atoms with van der Waals surface area (Å²) >= 11 is 0. The predicted molar refractivity (Wildman–Crippen MR) is 94.8 cm³/mol. The van der Waals surface area contributed by atoms with Gasteiger partial charge in [0, 0.05) is 11.9 Å². The molecule has 124 valence electrons. The van der Waals surface area contributed by atoms with Crippen molar-refractivity contribution in [1.82, 2.24) is 5.32 Å². The number of ether oxygens (including phenoxy) is 1. The Balaban J connectivity index is 1.85. The first-order valence-electron chi connectivity index (χ1n) is 7.66. The molecule has 2 aromatic rings. The van der Waals surface area contributed by atoms with Gasteiger partial charge in [0.2, 0.25) is 0 Å². The summed E-state index contributed by atoms with van der Waals surface area (Å²) in [5.41, 5.74) is 3.22. The second-order valence-electron chi connectivity index (χ2n) is 5.14. The maximum Gasteiger partial charge on any atom is 0.338 e. The molecule has 0 unspecified atom stereocenters. The second kappa shape index (κ2) is 8.53. The first-order valence-corrected chi connectivity index (χ1v) is 7.66. The van der Waals surface area contributed by atoms with Gasteiger partial charge in [0.05, 0.1) is 12.2 Å². The van der Waals surface area contributed by atoms with Crippen molar-refractivity contribution >= 4 is 23.8 Å². The maximum absolute atomic E-state index is 11.8. The van der Waals surface area contributed by atoms with Crippen LogP contribution in [0.2, 0.25) is 0 Å². The van der Waals surface area contributed by atoms with Crippen molar-refractivity contribution in [3.63, 3.8) is 0 Å². The largest absolute Gasteiger partial charge is 0.462 e. The standard InChI is InChI=1S/C19H20N2O3/c1-3-24-18(22)16-8-10-17(11-9-16)21-19(23)20-13-12-15-6-4-14(2)5-7-15/h4-13H,3H2,1-2H3,(H2,20,21,23)/b13-12+. The molecule has 24 heavy (non-hydrogen) atoms. The normalized spacial score (nSPS) is 10.4. The van der Waals surface area contributed by atoms with E-state index in [4.69, 9.17) is 4.74 Å². The van der Waals surface area contributed by atoms with Crippen LogP contribution in [0.3, 0.4) is 0 Å². The third-order valence-corrected chi connectivity index (χ3v) is 3.22. The number of esters is 1. The van der Waals surface area contributed by atoms with Gasteiger partial charge in [-0.3, -0.25) is 0 Å². The van der Waals surface area contributed by atoms with E-state index in [0.29, 0.717) is 17.9 Å². The Kier molecular flexibility index (Phi) is 6.14. The predicted octanol–water partition coefficient (Wildman–Crippen LogP) is 3.96. The highest BCUT2D eigenvalue weighted by Crippen LogP contribution is 2.10. The van der Waals surface area contributed by atoms with E-state index in [-0.39, 0.29) is 12.0 Å². The van der Waals surface area contributed by atoms with Crippen molar-refractivity contribution in [3.05, 3.63) is 71.4 Å². The van der Waals surface area contributed by atoms with E-state index in [0.717, 1.165) is 5.56 Å². The van der Waals surface area contributed by atoms with Crippen molar-refractivity contribution in [2.24, 2.45) is 0 Å². The Labute approximate surface area is 141 Å². The molecule has 0 fully saturated rings. The topological polar surface area (TPSA) is 67.4 Å². The van der Waals surface area contributed by atoms with Crippen LogP contribution in [0.15, 0.2) is 54.7 Å². The molecular weight excluding hydrogens is 304 g/mol. The highest BCUT2D eigenvalue weighted by molar-refractivity contribution is 5.92. The first kappa shape index (κ1) is 17.3. The van der Waals surface area contributed by atoms with Crippen LogP contribution in [-0.4, -0.2) is 18.6 Å². The zero-order chi connectivity index (χ0) is 17.4. The number of carbonyl (C=O) groups excluding carboxylic acids is 2. The molecule has 0 aromatic heterocycles. The van der Waals surface area contributed by atoms with Crippen LogP contribution < -0.4 is 10.6 Å². The van der Waals surface area contributed by atoms with Gasteiger partial charge in [0.25, 0.3) is 0 Å². The van der Waals surface area contributed by atoms with Crippen LogP contribution in [-0.2, 0) is 4.74 Å². The molecule has 2 N–H and O–H groups in total. The lowest BCUT2D eigenvalue weighted by Crippen LogP contribution is -2.23. The molecule has 5 heteroatoms. The Bertz CT molecular complexity index is 719. The highest BCUT2D eigenvalue weighted by Gasteiger charge is 2.06. The molecule has 0 spiro atoms. The van der Waals surface area contributed by atoms with Gasteiger partial charge in [-0.05, 0) is 49.8 Å². The Morgan fingerprint density at radius 2 is 1.71 bits per heavy atom. The smallest absolute Gasteiger partial charge is 0.338 e. The third-order valence-electron chi connectivity index (χ3n) is 3.22. The number of urea groups is 1. The maximum atomic E-state index is 11.8. The summed E-state index contributed by atoms with van der Waals surface area (Å²) < 4.78 is 4.90. The van der Waals surface area contributed by atoms with E-state index < -0.39 is 0 Å². The lowest BCUT2D eigenvalue weighted by atomic mass is 10.1. The molecule has 0 bridgehead atoms. The highest BCUT2D eigenvalue weighted by atomic mass is 16.5. The number of benzene rings is 2. The summed E-state index contributed by atoms with van der Waals surface area (Å²) in [6.45, 7) is 4.10. The summed E-state index contributed by atoms with van der Waals surface area (Å²) in [5.74, 6) is -0.380. The average molecular weight is 324 g/mol. The summed E-state index contributed by atoms with van der Waals surface area (Å²) in [6.07, 6.45) is 3.38. The molecule has 2 aromatic carbocycles. The molecule has 5 nitrogen and oxygen atoms in total. The molecule has 0 saturated heterocycles. The lowest BCUT2D eigenvalue weighted by Gasteiger charge is -2.06. The molecule has 0 saturated carbocycles. The minimum Gasteiger partial charge on any atom is -0.462 e. The number of anilines is 1. The van der Waals surface area contributed by atoms with Gasteiger partial charge >= 0.3 is 12.0 Å². The molecular formula is C19H20N2O3. The Morgan fingerprint density at radius 3 is 2.33 bits per heavy atom. The van der Waals surface area contributed by atoms with E-state index in [1.54, 1.807) is 37.4 Å². The van der Waals surface area contributed by atoms with Crippen molar-refractivity contribution in [2.45, 2.75) is 13.8 Å². The minimum atomic E-state index is -0.380. The van der Waals surface area contributed by atoms with Crippen LogP contribution in [0.1, 0.15) is 28.4 Å². The zero-order valence-corrected chi connectivity index (χ0v) is 13.7. The zero-order valence-electron chi connectivity index (χ0n) is 13.7. The monoisotopic (exact) mass is 324 g/mol. The average Bonchev–Trinajstić information content (AvgIpc) is 2.57. The fourth-order valence-electron chi connectivity index (χ4n) is 1.96. The fourth-order valence-corrected chi connectivity index (χ4v) is 1.96. The number of hydrogen-bond acceptors (Lipinski definition) is 3. The summed E-state index contributed by atoms with van der Waals surface area (Å²) in [4.78, 5) is 23.4. The lowest BCUT2D eigenvalue weighted by molar-refractivity contribution is 0.0526. The summed E-state index contributed by atoms with van der Waals surface area (Å²) in [7, 11) is 0. The molecule has 0 heterocycles. The molecule has 0 aliphatic carbocycles. The van der Waals surface area contributed by atoms with Gasteiger partial charge in [-0.25, -0.2) is 9.59 Å². The summed E-state index contributed by atoms with van der Waals surface area (Å²) in [5, 5.41) is 5.31. The quantitative estimate of drug-likeness (QED) is 0.818. The number of hydrogen-bond donors (Lipinski definition) is 2. The van der Waals surface area contributed by atoms with Crippen LogP contribution in [0.25, 0.3) is 6.08 Å². The van der Waals surface area contributed by atoms with Crippen LogP contribution >= 0.6 is 0 Å². The Morgan fingerprint density at radius 1 is 1.04 bits per heavy atom. The number of amides is 2. The van der Waals surface area contributed by atoms with Gasteiger partial charge in [-0.2, -0.15) is 0 Å². The number of nitrogens with one attached hydrogen (secondary N) is 2. The van der Waals surface area contributed by atoms with E-state index in [1.807, 2.05) is 37.3 Å². The SMILES string of the molecule is CCOC(=O)c1ccc(NC(=O)N/C=C/c2ccc(C)cc2)cc1. The molecule has 0 atom stereocenters. The van der Waals surface area contributed by atoms with E-state index in [1.165, 1.54) is 5.56 Å². The molecule has 2 rings (SSSR count). The van der Waals surface area contributed by atoms with Crippen LogP contribution in [0, 0.1) is 6.92 Å². The third kappa shape index (κ3) is 5.28. The van der Waals surface area contributed by atoms with Crippen molar-refractivity contribution in [2.75, 3.05) is 11.9 Å². The molecule has 0 radical (unpaired) electrons. The first-order chi connectivity index (χ1) is 11.6. The van der Waals surface area contributed by atoms with E-state index in [9.17, 15) is 9.59 Å². The van der Waals surface area contributed by atoms with E-state index in [2.05, 4.69) is 10.6 Å². The van der Waals surface area contributed by atoms with Gasteiger partial charge in [-0.1, -0.05) is 29.8 Å². The van der Waals surface area contributed by atoms with Crippen molar-refractivity contribution in [1.29, 1.82) is 0 Å². The molecule has 0 aliphatic rings.